The van der Waals surface area contributed by atoms with E-state index in [4.69, 9.17) is 11.6 Å². The van der Waals surface area contributed by atoms with E-state index < -0.39 is 0 Å². The van der Waals surface area contributed by atoms with Gasteiger partial charge >= 0.3 is 0 Å². The lowest BCUT2D eigenvalue weighted by atomic mass is 10.2. The first-order chi connectivity index (χ1) is 6.29. The molecule has 1 saturated heterocycles. The van der Waals surface area contributed by atoms with Crippen LogP contribution in [0.2, 0.25) is 5.15 Å². The van der Waals surface area contributed by atoms with Gasteiger partial charge in [0.25, 0.3) is 0 Å². The summed E-state index contributed by atoms with van der Waals surface area (Å²) in [4.78, 5) is 10.7. The number of nitrogens with zero attached hydrogens (tertiary/aromatic N) is 3. The Bertz CT molecular complexity index is 314. The minimum atomic E-state index is 0.529. The van der Waals surface area contributed by atoms with Crippen LogP contribution in [0.25, 0.3) is 0 Å². The first-order valence-electron chi connectivity index (χ1n) is 4.13. The van der Waals surface area contributed by atoms with Crippen LogP contribution in [0.1, 0.15) is 6.42 Å². The number of thioether (sulfide) groups is 1. The molecular formula is C8H10ClN3S. The molecule has 0 N–H and O–H groups in total. The van der Waals surface area contributed by atoms with Crippen molar-refractivity contribution in [3.63, 3.8) is 0 Å². The quantitative estimate of drug-likeness (QED) is 0.429. The highest BCUT2D eigenvalue weighted by atomic mass is 35.5. The summed E-state index contributed by atoms with van der Waals surface area (Å²) in [5.74, 6) is 0.954. The van der Waals surface area contributed by atoms with Gasteiger partial charge in [-0.1, -0.05) is 23.4 Å². The maximum absolute atomic E-state index is 5.86. The second-order valence-electron chi connectivity index (χ2n) is 2.88. The summed E-state index contributed by atoms with van der Waals surface area (Å²) < 4.78 is 0. The van der Waals surface area contributed by atoms with Gasteiger partial charge in [-0.15, -0.1) is 0 Å². The van der Waals surface area contributed by atoms with Crippen molar-refractivity contribution in [1.29, 1.82) is 0 Å². The molecule has 13 heavy (non-hydrogen) atoms. The van der Waals surface area contributed by atoms with Crippen LogP contribution in [-0.2, 0) is 0 Å². The Morgan fingerprint density at radius 1 is 1.46 bits per heavy atom. The Labute approximate surface area is 86.5 Å². The Morgan fingerprint density at radius 2 is 2.23 bits per heavy atom. The third kappa shape index (κ3) is 1.89. The lowest BCUT2D eigenvalue weighted by Gasteiger charge is -2.32. The van der Waals surface area contributed by atoms with Crippen molar-refractivity contribution in [2.75, 3.05) is 24.2 Å². The van der Waals surface area contributed by atoms with E-state index in [1.807, 2.05) is 12.3 Å². The van der Waals surface area contributed by atoms with Crippen molar-refractivity contribution in [3.8, 4) is 0 Å². The summed E-state index contributed by atoms with van der Waals surface area (Å²) in [6.45, 7) is 2.17. The fourth-order valence-corrected chi connectivity index (χ4v) is 1.79. The van der Waals surface area contributed by atoms with Crippen LogP contribution in [0.4, 0.5) is 5.82 Å². The molecule has 1 fully saturated rings. The van der Waals surface area contributed by atoms with Crippen molar-refractivity contribution in [2.45, 2.75) is 11.6 Å². The Morgan fingerprint density at radius 3 is 2.77 bits per heavy atom. The minimum Gasteiger partial charge on any atom is -0.356 e. The Hall–Kier alpha value is -0.480. The summed E-state index contributed by atoms with van der Waals surface area (Å²) >= 11 is 7.38. The number of hydrogen-bond donors (Lipinski definition) is 0. The zero-order valence-electron chi connectivity index (χ0n) is 7.33. The van der Waals surface area contributed by atoms with Gasteiger partial charge in [0.1, 0.15) is 11.0 Å². The summed E-state index contributed by atoms with van der Waals surface area (Å²) in [5.41, 5.74) is 0. The van der Waals surface area contributed by atoms with Gasteiger partial charge in [-0.3, -0.25) is 0 Å². The third-order valence-electron chi connectivity index (χ3n) is 2.02. The van der Waals surface area contributed by atoms with Crippen LogP contribution in [0.15, 0.2) is 11.2 Å². The molecule has 0 aliphatic carbocycles. The van der Waals surface area contributed by atoms with Crippen LogP contribution in [0.5, 0.6) is 0 Å². The highest BCUT2D eigenvalue weighted by Crippen LogP contribution is 2.23. The summed E-state index contributed by atoms with van der Waals surface area (Å²) in [6, 6.07) is 1.82. The molecule has 0 atom stereocenters. The molecule has 5 heteroatoms. The number of halogens is 1. The summed E-state index contributed by atoms with van der Waals surface area (Å²) in [6.07, 6.45) is 3.20. The lowest BCUT2D eigenvalue weighted by Crippen LogP contribution is -2.37. The highest BCUT2D eigenvalue weighted by molar-refractivity contribution is 7.98. The number of rotatable bonds is 2. The monoisotopic (exact) mass is 215 g/mol. The van der Waals surface area contributed by atoms with Crippen LogP contribution < -0.4 is 4.90 Å². The second kappa shape index (κ2) is 3.72. The standard InChI is InChI=1S/C8H10ClN3S/c1-13-8-10-6(9)5-7(11-8)12-3-2-4-12/h5H,2-4H2,1H3. The SMILES string of the molecule is CSc1nc(Cl)cc(N2CCC2)n1. The molecule has 1 aliphatic rings. The lowest BCUT2D eigenvalue weighted by molar-refractivity contribution is 0.605. The van der Waals surface area contributed by atoms with Gasteiger partial charge in [0.05, 0.1) is 0 Å². The van der Waals surface area contributed by atoms with E-state index in [0.717, 1.165) is 24.1 Å². The van der Waals surface area contributed by atoms with Crippen molar-refractivity contribution in [1.82, 2.24) is 9.97 Å². The molecule has 0 unspecified atom stereocenters. The van der Waals surface area contributed by atoms with Crippen LogP contribution in [0, 0.1) is 0 Å². The molecule has 0 amide bonds. The molecule has 1 aromatic rings. The molecule has 0 spiro atoms. The van der Waals surface area contributed by atoms with Crippen LogP contribution >= 0.6 is 23.4 Å². The second-order valence-corrected chi connectivity index (χ2v) is 4.04. The predicted molar refractivity (Wildman–Crippen MR) is 55.7 cm³/mol. The van der Waals surface area contributed by atoms with Gasteiger partial charge in [0, 0.05) is 19.2 Å². The molecule has 0 bridgehead atoms. The predicted octanol–water partition coefficient (Wildman–Crippen LogP) is 2.06. The molecule has 2 rings (SSSR count). The molecule has 0 aromatic carbocycles. The van der Waals surface area contributed by atoms with E-state index in [-0.39, 0.29) is 0 Å². The maximum Gasteiger partial charge on any atom is 0.190 e. The van der Waals surface area contributed by atoms with Gasteiger partial charge < -0.3 is 4.90 Å². The molecule has 70 valence electrons. The minimum absolute atomic E-state index is 0.529. The first kappa shape index (κ1) is 9.09. The van der Waals surface area contributed by atoms with Crippen molar-refractivity contribution in [3.05, 3.63) is 11.2 Å². The summed E-state index contributed by atoms with van der Waals surface area (Å²) in [5, 5.41) is 1.27. The number of hydrogen-bond acceptors (Lipinski definition) is 4. The summed E-state index contributed by atoms with van der Waals surface area (Å²) in [7, 11) is 0. The fraction of sp³-hybridized carbons (Fsp3) is 0.500. The van der Waals surface area contributed by atoms with Crippen LogP contribution in [0.3, 0.4) is 0 Å². The molecule has 1 aromatic heterocycles. The Kier molecular flexibility index (Phi) is 2.60. The van der Waals surface area contributed by atoms with Gasteiger partial charge in [-0.2, -0.15) is 0 Å². The molecule has 1 aliphatic heterocycles. The van der Waals surface area contributed by atoms with Crippen molar-refractivity contribution < 1.29 is 0 Å². The molecule has 2 heterocycles. The zero-order valence-corrected chi connectivity index (χ0v) is 8.90. The maximum atomic E-state index is 5.86. The van der Waals surface area contributed by atoms with E-state index >= 15 is 0 Å². The smallest absolute Gasteiger partial charge is 0.190 e. The van der Waals surface area contributed by atoms with Crippen molar-refractivity contribution >= 4 is 29.2 Å². The third-order valence-corrected chi connectivity index (χ3v) is 2.76. The Balaban J connectivity index is 2.28. The molecule has 0 saturated carbocycles. The average Bonchev–Trinajstić information content (AvgIpc) is 2.00. The van der Waals surface area contributed by atoms with E-state index in [9.17, 15) is 0 Å². The molecular weight excluding hydrogens is 206 g/mol. The number of aromatic nitrogens is 2. The number of anilines is 1. The van der Waals surface area contributed by atoms with Gasteiger partial charge in [0.15, 0.2) is 5.16 Å². The largest absolute Gasteiger partial charge is 0.356 e. The molecule has 3 nitrogen and oxygen atoms in total. The molecule has 0 radical (unpaired) electrons. The van der Waals surface area contributed by atoms with Gasteiger partial charge in [0.2, 0.25) is 0 Å². The first-order valence-corrected chi connectivity index (χ1v) is 5.73. The normalized spacial score (nSPS) is 15.7. The average molecular weight is 216 g/mol. The van der Waals surface area contributed by atoms with Gasteiger partial charge in [-0.05, 0) is 12.7 Å². The van der Waals surface area contributed by atoms with E-state index in [1.165, 1.54) is 18.2 Å². The highest BCUT2D eigenvalue weighted by Gasteiger charge is 2.16. The topological polar surface area (TPSA) is 29.0 Å². The van der Waals surface area contributed by atoms with Crippen molar-refractivity contribution in [2.24, 2.45) is 0 Å². The van der Waals surface area contributed by atoms with Gasteiger partial charge in [-0.25, -0.2) is 9.97 Å². The zero-order chi connectivity index (χ0) is 9.26. The fourth-order valence-electron chi connectivity index (χ4n) is 1.18. The van der Waals surface area contributed by atoms with E-state index in [1.54, 1.807) is 0 Å². The van der Waals surface area contributed by atoms with Crippen LogP contribution in [-0.4, -0.2) is 29.3 Å². The van der Waals surface area contributed by atoms with E-state index in [0.29, 0.717) is 5.15 Å². The van der Waals surface area contributed by atoms with E-state index in [2.05, 4.69) is 14.9 Å².